The van der Waals surface area contributed by atoms with Crippen LogP contribution < -0.4 is 5.73 Å². The summed E-state index contributed by atoms with van der Waals surface area (Å²) in [6.07, 6.45) is 2.38. The zero-order chi connectivity index (χ0) is 19.1. The Labute approximate surface area is 162 Å². The number of para-hydroxylation sites is 1. The van der Waals surface area contributed by atoms with Gasteiger partial charge in [0.2, 0.25) is 0 Å². The number of nitrogen functional groups attached to an aromatic ring is 1. The van der Waals surface area contributed by atoms with Crippen LogP contribution in [0.5, 0.6) is 0 Å². The highest BCUT2D eigenvalue weighted by Crippen LogP contribution is 2.39. The third kappa shape index (κ3) is 3.31. The Morgan fingerprint density at radius 2 is 1.93 bits per heavy atom. The molecule has 1 aliphatic heterocycles. The van der Waals surface area contributed by atoms with Crippen LogP contribution >= 0.6 is 0 Å². The lowest BCUT2D eigenvalue weighted by atomic mass is 10.2. The number of nitrogens with zero attached hydrogens (tertiary/aromatic N) is 5. The first-order valence-electron chi connectivity index (χ1n) is 9.75. The average molecular weight is 377 g/mol. The van der Waals surface area contributed by atoms with Gasteiger partial charge in [-0.2, -0.15) is 5.10 Å². The Morgan fingerprint density at radius 1 is 1.14 bits per heavy atom. The summed E-state index contributed by atoms with van der Waals surface area (Å²) in [7, 11) is 0. The quantitative estimate of drug-likeness (QED) is 0.718. The summed E-state index contributed by atoms with van der Waals surface area (Å²) in [4.78, 5) is 25.9. The molecule has 28 heavy (non-hydrogen) atoms. The van der Waals surface area contributed by atoms with Gasteiger partial charge < -0.3 is 10.6 Å². The van der Waals surface area contributed by atoms with Gasteiger partial charge >= 0.3 is 0 Å². The van der Waals surface area contributed by atoms with Crippen LogP contribution in [0.2, 0.25) is 0 Å². The lowest BCUT2D eigenvalue weighted by molar-refractivity contribution is 0.0620. The summed E-state index contributed by atoms with van der Waals surface area (Å²) < 4.78 is 0. The molecule has 1 saturated heterocycles. The number of hydrogen-bond acceptors (Lipinski definition) is 6. The molecule has 2 aliphatic rings. The van der Waals surface area contributed by atoms with Gasteiger partial charge in [-0.15, -0.1) is 0 Å². The van der Waals surface area contributed by atoms with E-state index in [-0.39, 0.29) is 5.91 Å². The summed E-state index contributed by atoms with van der Waals surface area (Å²) in [6.45, 7) is 3.54. The number of nitrogens with two attached hydrogens (primary N) is 1. The van der Waals surface area contributed by atoms with Crippen LogP contribution in [0.15, 0.2) is 30.3 Å². The van der Waals surface area contributed by atoms with Crippen LogP contribution in [0, 0.1) is 0 Å². The largest absolute Gasteiger partial charge is 0.383 e. The maximum Gasteiger partial charge on any atom is 0.274 e. The van der Waals surface area contributed by atoms with E-state index in [9.17, 15) is 4.79 Å². The predicted molar refractivity (Wildman–Crippen MR) is 106 cm³/mol. The summed E-state index contributed by atoms with van der Waals surface area (Å²) in [6, 6.07) is 9.69. The fraction of sp³-hybridized carbons (Fsp3) is 0.400. The van der Waals surface area contributed by atoms with Crippen molar-refractivity contribution in [2.75, 3.05) is 31.9 Å². The van der Waals surface area contributed by atoms with E-state index in [4.69, 9.17) is 5.73 Å². The number of aromatic amines is 1. The molecule has 1 saturated carbocycles. The number of H-pyrrole nitrogens is 1. The molecular formula is C20H23N7O. The van der Waals surface area contributed by atoms with Crippen molar-refractivity contribution in [1.82, 2.24) is 30.0 Å². The topological polar surface area (TPSA) is 104 Å². The SMILES string of the molecule is Nc1nc(CN2CCN(C(=O)c3cc(C4CC4)[nH]n3)CC2)nc2ccccc12. The summed E-state index contributed by atoms with van der Waals surface area (Å²) >= 11 is 0. The summed E-state index contributed by atoms with van der Waals surface area (Å²) in [5.41, 5.74) is 8.57. The number of carbonyl (C=O) groups is 1. The number of rotatable bonds is 4. The highest BCUT2D eigenvalue weighted by atomic mass is 16.2. The Kier molecular flexibility index (Phi) is 4.20. The van der Waals surface area contributed by atoms with Crippen LogP contribution in [0.4, 0.5) is 5.82 Å². The number of fused-ring (bicyclic) bond motifs is 1. The molecule has 3 aromatic rings. The number of hydrogen-bond donors (Lipinski definition) is 2. The average Bonchev–Trinajstić information content (AvgIpc) is 3.45. The van der Waals surface area contributed by atoms with E-state index in [0.29, 0.717) is 37.1 Å². The smallest absolute Gasteiger partial charge is 0.274 e. The molecule has 1 amide bonds. The van der Waals surface area contributed by atoms with Crippen molar-refractivity contribution >= 4 is 22.6 Å². The number of nitrogens with one attached hydrogen (secondary N) is 1. The maximum atomic E-state index is 12.7. The van der Waals surface area contributed by atoms with Gasteiger partial charge in [0.25, 0.3) is 5.91 Å². The van der Waals surface area contributed by atoms with Crippen molar-refractivity contribution in [1.29, 1.82) is 0 Å². The van der Waals surface area contributed by atoms with Crippen molar-refractivity contribution < 1.29 is 4.79 Å². The van der Waals surface area contributed by atoms with Crippen molar-refractivity contribution in [3.63, 3.8) is 0 Å². The van der Waals surface area contributed by atoms with E-state index in [1.165, 1.54) is 12.8 Å². The molecule has 0 atom stereocenters. The van der Waals surface area contributed by atoms with Gasteiger partial charge in [-0.3, -0.25) is 14.8 Å². The molecule has 0 spiro atoms. The second-order valence-corrected chi connectivity index (χ2v) is 7.59. The Morgan fingerprint density at radius 3 is 2.71 bits per heavy atom. The zero-order valence-electron chi connectivity index (χ0n) is 15.6. The molecule has 8 nitrogen and oxygen atoms in total. The van der Waals surface area contributed by atoms with Gasteiger partial charge in [-0.05, 0) is 31.0 Å². The number of anilines is 1. The van der Waals surface area contributed by atoms with Crippen LogP contribution in [0.25, 0.3) is 10.9 Å². The van der Waals surface area contributed by atoms with Gasteiger partial charge in [0.15, 0.2) is 0 Å². The van der Waals surface area contributed by atoms with E-state index in [0.717, 1.165) is 35.5 Å². The standard InChI is InChI=1S/C20H23N7O/c21-19-14-3-1-2-4-15(14)22-18(23-19)12-26-7-9-27(10-8-26)20(28)17-11-16(24-25-17)13-5-6-13/h1-4,11,13H,5-10,12H2,(H,24,25)(H2,21,22,23). The van der Waals surface area contributed by atoms with Crippen molar-refractivity contribution in [3.05, 3.63) is 47.5 Å². The Bertz CT molecular complexity index is 1020. The zero-order valence-corrected chi connectivity index (χ0v) is 15.6. The van der Waals surface area contributed by atoms with Crippen LogP contribution in [0.3, 0.4) is 0 Å². The minimum atomic E-state index is 0.00833. The molecule has 2 aromatic heterocycles. The second kappa shape index (κ2) is 6.87. The van der Waals surface area contributed by atoms with E-state index in [2.05, 4.69) is 25.1 Å². The second-order valence-electron chi connectivity index (χ2n) is 7.59. The minimum Gasteiger partial charge on any atom is -0.383 e. The molecule has 1 aliphatic carbocycles. The van der Waals surface area contributed by atoms with Gasteiger partial charge in [0.05, 0.1) is 12.1 Å². The monoisotopic (exact) mass is 377 g/mol. The summed E-state index contributed by atoms with van der Waals surface area (Å²) in [5.74, 6) is 1.81. The first-order valence-corrected chi connectivity index (χ1v) is 9.75. The first kappa shape index (κ1) is 17.1. The molecule has 8 heteroatoms. The fourth-order valence-electron chi connectivity index (χ4n) is 3.74. The molecule has 3 N–H and O–H groups in total. The Hall–Kier alpha value is -3.00. The molecule has 0 bridgehead atoms. The third-order valence-electron chi connectivity index (χ3n) is 5.54. The van der Waals surface area contributed by atoms with Crippen molar-refractivity contribution in [2.45, 2.75) is 25.3 Å². The number of carbonyl (C=O) groups excluding carboxylic acids is 1. The van der Waals surface area contributed by atoms with Gasteiger partial charge in [-0.1, -0.05) is 12.1 Å². The molecule has 2 fully saturated rings. The minimum absolute atomic E-state index is 0.00833. The number of piperazine rings is 1. The van der Waals surface area contributed by atoms with Gasteiger partial charge in [0.1, 0.15) is 17.3 Å². The highest BCUT2D eigenvalue weighted by molar-refractivity contribution is 5.92. The van der Waals surface area contributed by atoms with Crippen molar-refractivity contribution in [3.8, 4) is 0 Å². The molecule has 0 unspecified atom stereocenters. The number of benzene rings is 1. The molecule has 144 valence electrons. The van der Waals surface area contributed by atoms with Gasteiger partial charge in [0, 0.05) is 43.2 Å². The van der Waals surface area contributed by atoms with E-state index < -0.39 is 0 Å². The molecule has 5 rings (SSSR count). The summed E-state index contributed by atoms with van der Waals surface area (Å²) in [5, 5.41) is 8.11. The van der Waals surface area contributed by atoms with Crippen molar-refractivity contribution in [2.24, 2.45) is 0 Å². The fourth-order valence-corrected chi connectivity index (χ4v) is 3.74. The van der Waals surface area contributed by atoms with E-state index >= 15 is 0 Å². The van der Waals surface area contributed by atoms with Crippen LogP contribution in [0.1, 0.15) is 40.8 Å². The predicted octanol–water partition coefficient (Wildman–Crippen LogP) is 1.77. The number of aromatic nitrogens is 4. The van der Waals surface area contributed by atoms with Gasteiger partial charge in [-0.25, -0.2) is 9.97 Å². The Balaban J connectivity index is 1.21. The first-order chi connectivity index (χ1) is 13.7. The maximum absolute atomic E-state index is 12.7. The lowest BCUT2D eigenvalue weighted by Gasteiger charge is -2.34. The van der Waals surface area contributed by atoms with E-state index in [1.54, 1.807) is 0 Å². The third-order valence-corrected chi connectivity index (χ3v) is 5.54. The molecule has 1 aromatic carbocycles. The molecule has 3 heterocycles. The van der Waals surface area contributed by atoms with E-state index in [1.807, 2.05) is 35.2 Å². The highest BCUT2D eigenvalue weighted by Gasteiger charge is 2.29. The molecular weight excluding hydrogens is 354 g/mol. The lowest BCUT2D eigenvalue weighted by Crippen LogP contribution is -2.48. The van der Waals surface area contributed by atoms with Crippen LogP contribution in [-0.4, -0.2) is 62.1 Å². The van der Waals surface area contributed by atoms with Crippen LogP contribution in [-0.2, 0) is 6.54 Å². The normalized spacial score (nSPS) is 17.9. The number of amides is 1. The molecule has 0 radical (unpaired) electrons.